The van der Waals surface area contributed by atoms with E-state index in [1.54, 1.807) is 6.08 Å². The Morgan fingerprint density at radius 1 is 0.812 bits per heavy atom. The molecule has 0 heterocycles. The normalized spacial score (nSPS) is 19.1. The van der Waals surface area contributed by atoms with E-state index in [0.29, 0.717) is 6.42 Å². The Labute approximate surface area is 197 Å². The quantitative estimate of drug-likeness (QED) is 0.115. The predicted octanol–water partition coefficient (Wildman–Crippen LogP) is 8.24. The van der Waals surface area contributed by atoms with Crippen molar-refractivity contribution in [3.63, 3.8) is 0 Å². The molecule has 0 aromatic carbocycles. The van der Waals surface area contributed by atoms with Gasteiger partial charge in [-0.25, -0.2) is 0 Å². The Kier molecular flexibility index (Phi) is 17.2. The molecule has 0 saturated heterocycles. The van der Waals surface area contributed by atoms with E-state index >= 15 is 0 Å². The first kappa shape index (κ1) is 28.7. The number of unbranched alkanes of at least 4 members (excludes halogenated alkanes) is 13. The number of carboxylic acid groups (broad SMARTS) is 1. The standard InChI is InChI=1S/C28H50O4/c1-3-5-7-9-11-12-13-15-17-21-24(20-16-14-10-8-6-4-2)32-28(31)26-23-19-18-22-25(26)27(29)30/h19,23-26H,3-18,20-22H2,1-2H3,(H,29,30). The number of hydrogen-bond acceptors (Lipinski definition) is 3. The fraction of sp³-hybridized carbons (Fsp3) is 0.857. The lowest BCUT2D eigenvalue weighted by Crippen LogP contribution is -2.33. The van der Waals surface area contributed by atoms with Crippen molar-refractivity contribution in [2.75, 3.05) is 0 Å². The van der Waals surface area contributed by atoms with Gasteiger partial charge in [0, 0.05) is 0 Å². The highest BCUT2D eigenvalue weighted by Crippen LogP contribution is 2.28. The van der Waals surface area contributed by atoms with Crippen molar-refractivity contribution in [1.29, 1.82) is 0 Å². The molecule has 4 heteroatoms. The summed E-state index contributed by atoms with van der Waals surface area (Å²) in [6, 6.07) is 0. The first-order valence-electron chi connectivity index (χ1n) is 13.7. The number of carbonyl (C=O) groups excluding carboxylic acids is 1. The molecule has 186 valence electrons. The lowest BCUT2D eigenvalue weighted by atomic mass is 9.84. The summed E-state index contributed by atoms with van der Waals surface area (Å²) in [6.07, 6.45) is 25.6. The average Bonchev–Trinajstić information content (AvgIpc) is 2.79. The molecule has 3 unspecified atom stereocenters. The second-order valence-corrected chi connectivity index (χ2v) is 9.71. The van der Waals surface area contributed by atoms with Gasteiger partial charge in [0.2, 0.25) is 0 Å². The van der Waals surface area contributed by atoms with Crippen molar-refractivity contribution in [2.45, 2.75) is 142 Å². The first-order chi connectivity index (χ1) is 15.6. The van der Waals surface area contributed by atoms with Gasteiger partial charge < -0.3 is 9.84 Å². The van der Waals surface area contributed by atoms with Crippen molar-refractivity contribution in [3.05, 3.63) is 12.2 Å². The van der Waals surface area contributed by atoms with Crippen LogP contribution in [0.5, 0.6) is 0 Å². The Hall–Kier alpha value is -1.32. The topological polar surface area (TPSA) is 63.6 Å². The molecule has 3 atom stereocenters. The van der Waals surface area contributed by atoms with Crippen molar-refractivity contribution in [2.24, 2.45) is 11.8 Å². The summed E-state index contributed by atoms with van der Waals surface area (Å²) in [5, 5.41) is 9.49. The van der Waals surface area contributed by atoms with Gasteiger partial charge >= 0.3 is 11.9 Å². The number of rotatable bonds is 20. The summed E-state index contributed by atoms with van der Waals surface area (Å²) in [7, 11) is 0. The van der Waals surface area contributed by atoms with Gasteiger partial charge in [-0.3, -0.25) is 9.59 Å². The fourth-order valence-corrected chi connectivity index (χ4v) is 4.69. The molecule has 0 saturated carbocycles. The molecular formula is C28H50O4. The molecular weight excluding hydrogens is 400 g/mol. The van der Waals surface area contributed by atoms with Crippen LogP contribution in [0, 0.1) is 11.8 Å². The van der Waals surface area contributed by atoms with E-state index in [1.165, 1.54) is 83.5 Å². The van der Waals surface area contributed by atoms with Gasteiger partial charge in [0.25, 0.3) is 0 Å². The lowest BCUT2D eigenvalue weighted by Gasteiger charge is -2.26. The Balaban J connectivity index is 2.42. The van der Waals surface area contributed by atoms with Gasteiger partial charge in [-0.15, -0.1) is 0 Å². The monoisotopic (exact) mass is 450 g/mol. The zero-order valence-corrected chi connectivity index (χ0v) is 21.0. The third-order valence-corrected chi connectivity index (χ3v) is 6.80. The highest BCUT2D eigenvalue weighted by atomic mass is 16.5. The van der Waals surface area contributed by atoms with Gasteiger partial charge in [-0.1, -0.05) is 109 Å². The van der Waals surface area contributed by atoms with E-state index in [9.17, 15) is 14.7 Å². The highest BCUT2D eigenvalue weighted by Gasteiger charge is 2.35. The van der Waals surface area contributed by atoms with E-state index in [4.69, 9.17) is 4.74 Å². The van der Waals surface area contributed by atoms with Crippen LogP contribution in [0.15, 0.2) is 12.2 Å². The Morgan fingerprint density at radius 3 is 1.75 bits per heavy atom. The van der Waals surface area contributed by atoms with Crippen molar-refractivity contribution < 1.29 is 19.4 Å². The number of aliphatic carboxylic acids is 1. The second kappa shape index (κ2) is 19.2. The third-order valence-electron chi connectivity index (χ3n) is 6.80. The Morgan fingerprint density at radius 2 is 1.28 bits per heavy atom. The largest absolute Gasteiger partial charge is 0.481 e. The van der Waals surface area contributed by atoms with Crippen LogP contribution in [-0.2, 0) is 14.3 Å². The van der Waals surface area contributed by atoms with Gasteiger partial charge in [-0.2, -0.15) is 0 Å². The number of ether oxygens (including phenoxy) is 1. The molecule has 32 heavy (non-hydrogen) atoms. The maximum atomic E-state index is 12.8. The van der Waals surface area contributed by atoms with Gasteiger partial charge in [0.1, 0.15) is 6.10 Å². The zero-order valence-electron chi connectivity index (χ0n) is 21.0. The summed E-state index contributed by atoms with van der Waals surface area (Å²) in [5.74, 6) is -2.49. The molecule has 0 aromatic rings. The molecule has 0 amide bonds. The summed E-state index contributed by atoms with van der Waals surface area (Å²) >= 11 is 0. The van der Waals surface area contributed by atoms with E-state index < -0.39 is 17.8 Å². The molecule has 1 N–H and O–H groups in total. The van der Waals surface area contributed by atoms with Crippen LogP contribution in [0.25, 0.3) is 0 Å². The van der Waals surface area contributed by atoms with Crippen LogP contribution in [0.1, 0.15) is 136 Å². The molecule has 1 aliphatic rings. The molecule has 1 aliphatic carbocycles. The van der Waals surface area contributed by atoms with E-state index in [2.05, 4.69) is 13.8 Å². The van der Waals surface area contributed by atoms with E-state index in [1.807, 2.05) is 6.08 Å². The van der Waals surface area contributed by atoms with E-state index in [-0.39, 0.29) is 12.1 Å². The zero-order chi connectivity index (χ0) is 23.4. The number of carbonyl (C=O) groups is 2. The van der Waals surface area contributed by atoms with Crippen molar-refractivity contribution in [3.8, 4) is 0 Å². The molecule has 1 rings (SSSR count). The number of esters is 1. The van der Waals surface area contributed by atoms with Crippen LogP contribution in [0.4, 0.5) is 0 Å². The average molecular weight is 451 g/mol. The molecule has 4 nitrogen and oxygen atoms in total. The molecule has 0 fully saturated rings. The van der Waals surface area contributed by atoms with Gasteiger partial charge in [-0.05, 0) is 38.5 Å². The van der Waals surface area contributed by atoms with Crippen LogP contribution in [0.2, 0.25) is 0 Å². The third kappa shape index (κ3) is 13.3. The van der Waals surface area contributed by atoms with Crippen LogP contribution in [0.3, 0.4) is 0 Å². The Bertz CT molecular complexity index is 514. The summed E-state index contributed by atoms with van der Waals surface area (Å²) in [5.41, 5.74) is 0. The summed E-state index contributed by atoms with van der Waals surface area (Å²) < 4.78 is 5.92. The maximum absolute atomic E-state index is 12.8. The van der Waals surface area contributed by atoms with Crippen molar-refractivity contribution in [1.82, 2.24) is 0 Å². The maximum Gasteiger partial charge on any atom is 0.313 e. The minimum Gasteiger partial charge on any atom is -0.481 e. The molecule has 0 radical (unpaired) electrons. The molecule has 0 aliphatic heterocycles. The predicted molar refractivity (Wildman–Crippen MR) is 133 cm³/mol. The number of hydrogen-bond donors (Lipinski definition) is 1. The molecule has 0 aromatic heterocycles. The van der Waals surface area contributed by atoms with Gasteiger partial charge in [0.15, 0.2) is 0 Å². The van der Waals surface area contributed by atoms with Gasteiger partial charge in [0.05, 0.1) is 11.8 Å². The van der Waals surface area contributed by atoms with E-state index in [0.717, 1.165) is 32.1 Å². The summed E-state index contributed by atoms with van der Waals surface area (Å²) in [4.78, 5) is 24.4. The smallest absolute Gasteiger partial charge is 0.313 e. The first-order valence-corrected chi connectivity index (χ1v) is 13.7. The lowest BCUT2D eigenvalue weighted by molar-refractivity contribution is -0.160. The molecule has 0 spiro atoms. The fourth-order valence-electron chi connectivity index (χ4n) is 4.69. The van der Waals surface area contributed by atoms with Crippen LogP contribution < -0.4 is 0 Å². The van der Waals surface area contributed by atoms with Crippen LogP contribution in [-0.4, -0.2) is 23.1 Å². The highest BCUT2D eigenvalue weighted by molar-refractivity contribution is 5.83. The van der Waals surface area contributed by atoms with Crippen LogP contribution >= 0.6 is 0 Å². The minimum atomic E-state index is -0.886. The molecule has 0 bridgehead atoms. The SMILES string of the molecule is CCCCCCCCCCCC(CCCCCCCC)OC(=O)C1C=CCCC1C(=O)O. The number of allylic oxidation sites excluding steroid dienone is 1. The van der Waals surface area contributed by atoms with Crippen molar-refractivity contribution >= 4 is 11.9 Å². The number of carboxylic acids is 1. The summed E-state index contributed by atoms with van der Waals surface area (Å²) in [6.45, 7) is 4.48. The minimum absolute atomic E-state index is 0.0667. The second-order valence-electron chi connectivity index (χ2n) is 9.71.